The van der Waals surface area contributed by atoms with Crippen LogP contribution < -0.4 is 10.1 Å². The standard InChI is InChI=1S/C15H23NO3S/c1-12(2)10-19-15-7-3-5-13(9-15)16-14-6-4-8-20(17,18)11-14/h3,5,7,9,12,14,16H,4,6,8,10-11H2,1-2H3. The van der Waals surface area contributed by atoms with Crippen LogP contribution in [0.3, 0.4) is 0 Å². The van der Waals surface area contributed by atoms with E-state index in [0.717, 1.165) is 24.3 Å². The quantitative estimate of drug-likeness (QED) is 0.908. The van der Waals surface area contributed by atoms with E-state index in [0.29, 0.717) is 18.3 Å². The summed E-state index contributed by atoms with van der Waals surface area (Å²) < 4.78 is 28.9. The highest BCUT2D eigenvalue weighted by Gasteiger charge is 2.24. The van der Waals surface area contributed by atoms with E-state index in [-0.39, 0.29) is 11.8 Å². The van der Waals surface area contributed by atoms with Crippen molar-refractivity contribution in [1.29, 1.82) is 0 Å². The van der Waals surface area contributed by atoms with Crippen molar-refractivity contribution in [3.8, 4) is 5.75 Å². The monoisotopic (exact) mass is 297 g/mol. The first-order valence-corrected chi connectivity index (χ1v) is 8.96. The van der Waals surface area contributed by atoms with Gasteiger partial charge in [-0.1, -0.05) is 19.9 Å². The van der Waals surface area contributed by atoms with Gasteiger partial charge in [-0.15, -0.1) is 0 Å². The molecule has 1 N–H and O–H groups in total. The Balaban J connectivity index is 1.97. The topological polar surface area (TPSA) is 55.4 Å². The van der Waals surface area contributed by atoms with Gasteiger partial charge < -0.3 is 10.1 Å². The highest BCUT2D eigenvalue weighted by molar-refractivity contribution is 7.91. The Labute approximate surface area is 121 Å². The fraction of sp³-hybridized carbons (Fsp3) is 0.600. The first-order valence-electron chi connectivity index (χ1n) is 7.14. The zero-order valence-electron chi connectivity index (χ0n) is 12.1. The van der Waals surface area contributed by atoms with Gasteiger partial charge >= 0.3 is 0 Å². The summed E-state index contributed by atoms with van der Waals surface area (Å²) in [6, 6.07) is 7.74. The van der Waals surface area contributed by atoms with Gasteiger partial charge in [-0.2, -0.15) is 0 Å². The molecule has 0 aromatic heterocycles. The van der Waals surface area contributed by atoms with Gasteiger partial charge in [0.1, 0.15) is 5.75 Å². The van der Waals surface area contributed by atoms with Crippen molar-refractivity contribution >= 4 is 15.5 Å². The molecule has 1 fully saturated rings. The number of hydrogen-bond donors (Lipinski definition) is 1. The maximum atomic E-state index is 11.6. The van der Waals surface area contributed by atoms with E-state index >= 15 is 0 Å². The first-order chi connectivity index (χ1) is 9.44. The predicted molar refractivity (Wildman–Crippen MR) is 82.1 cm³/mol. The van der Waals surface area contributed by atoms with Gasteiger partial charge in [0.25, 0.3) is 0 Å². The lowest BCUT2D eigenvalue weighted by Gasteiger charge is -2.24. The van der Waals surface area contributed by atoms with E-state index in [2.05, 4.69) is 19.2 Å². The van der Waals surface area contributed by atoms with E-state index in [4.69, 9.17) is 4.74 Å². The fourth-order valence-electron chi connectivity index (χ4n) is 2.31. The smallest absolute Gasteiger partial charge is 0.152 e. The van der Waals surface area contributed by atoms with Crippen LogP contribution in [-0.4, -0.2) is 32.6 Å². The molecule has 0 amide bonds. The van der Waals surface area contributed by atoms with Gasteiger partial charge in [0, 0.05) is 17.8 Å². The van der Waals surface area contributed by atoms with Crippen LogP contribution in [0.25, 0.3) is 0 Å². The predicted octanol–water partition coefficient (Wildman–Crippen LogP) is 2.71. The molecule has 1 aliphatic heterocycles. The van der Waals surface area contributed by atoms with E-state index < -0.39 is 9.84 Å². The molecule has 1 aromatic carbocycles. The van der Waals surface area contributed by atoms with Crippen LogP contribution in [-0.2, 0) is 9.84 Å². The number of ether oxygens (including phenoxy) is 1. The molecule has 0 radical (unpaired) electrons. The second kappa shape index (κ2) is 6.48. The largest absolute Gasteiger partial charge is 0.493 e. The molecule has 1 aliphatic rings. The minimum Gasteiger partial charge on any atom is -0.493 e. The van der Waals surface area contributed by atoms with Crippen molar-refractivity contribution in [3.05, 3.63) is 24.3 Å². The normalized spacial score (nSPS) is 21.6. The highest BCUT2D eigenvalue weighted by atomic mass is 32.2. The van der Waals surface area contributed by atoms with Crippen LogP contribution in [0.4, 0.5) is 5.69 Å². The highest BCUT2D eigenvalue weighted by Crippen LogP contribution is 2.21. The van der Waals surface area contributed by atoms with Gasteiger partial charge in [-0.3, -0.25) is 0 Å². The molecule has 1 unspecified atom stereocenters. The van der Waals surface area contributed by atoms with Crippen LogP contribution in [0.15, 0.2) is 24.3 Å². The number of benzene rings is 1. The molecule has 20 heavy (non-hydrogen) atoms. The Hall–Kier alpha value is -1.23. The summed E-state index contributed by atoms with van der Waals surface area (Å²) in [5, 5.41) is 3.31. The molecule has 1 aromatic rings. The summed E-state index contributed by atoms with van der Waals surface area (Å²) in [6.07, 6.45) is 1.64. The van der Waals surface area contributed by atoms with Crippen molar-refractivity contribution in [3.63, 3.8) is 0 Å². The molecule has 1 heterocycles. The average Bonchev–Trinajstić information content (AvgIpc) is 2.35. The Kier molecular flexibility index (Phi) is 4.91. The van der Waals surface area contributed by atoms with E-state index in [1.165, 1.54) is 0 Å². The molecule has 112 valence electrons. The molecule has 0 bridgehead atoms. The lowest BCUT2D eigenvalue weighted by molar-refractivity contribution is 0.271. The van der Waals surface area contributed by atoms with Crippen LogP contribution >= 0.6 is 0 Å². The number of anilines is 1. The number of nitrogens with one attached hydrogen (secondary N) is 1. The number of rotatable bonds is 5. The van der Waals surface area contributed by atoms with E-state index in [9.17, 15) is 8.42 Å². The summed E-state index contributed by atoms with van der Waals surface area (Å²) in [6.45, 7) is 4.89. The summed E-state index contributed by atoms with van der Waals surface area (Å²) >= 11 is 0. The third-order valence-electron chi connectivity index (χ3n) is 3.25. The summed E-state index contributed by atoms with van der Waals surface area (Å²) in [5.41, 5.74) is 0.924. The summed E-state index contributed by atoms with van der Waals surface area (Å²) in [4.78, 5) is 0. The molecule has 4 nitrogen and oxygen atoms in total. The maximum absolute atomic E-state index is 11.6. The molecule has 5 heteroatoms. The van der Waals surface area contributed by atoms with Crippen molar-refractivity contribution in [1.82, 2.24) is 0 Å². The third kappa shape index (κ3) is 4.71. The van der Waals surface area contributed by atoms with Crippen molar-refractivity contribution in [2.24, 2.45) is 5.92 Å². The van der Waals surface area contributed by atoms with Gasteiger partial charge in [-0.25, -0.2) is 8.42 Å². The fourth-order valence-corrected chi connectivity index (χ4v) is 3.95. The van der Waals surface area contributed by atoms with Crippen molar-refractivity contribution in [2.75, 3.05) is 23.4 Å². The lowest BCUT2D eigenvalue weighted by atomic mass is 10.1. The Morgan fingerprint density at radius 1 is 1.40 bits per heavy atom. The van der Waals surface area contributed by atoms with Gasteiger partial charge in [0.2, 0.25) is 0 Å². The molecule has 0 aliphatic carbocycles. The average molecular weight is 297 g/mol. The van der Waals surface area contributed by atoms with Gasteiger partial charge in [-0.05, 0) is 30.9 Å². The van der Waals surface area contributed by atoms with Crippen LogP contribution in [0.2, 0.25) is 0 Å². The second-order valence-electron chi connectivity index (χ2n) is 5.83. The zero-order valence-corrected chi connectivity index (χ0v) is 12.9. The minimum atomic E-state index is -2.88. The molecule has 0 spiro atoms. The Bertz CT molecular complexity index is 540. The molecule has 1 saturated heterocycles. The molecule has 0 saturated carbocycles. The van der Waals surface area contributed by atoms with Crippen molar-refractivity contribution in [2.45, 2.75) is 32.7 Å². The first kappa shape index (κ1) is 15.2. The Morgan fingerprint density at radius 2 is 2.20 bits per heavy atom. The maximum Gasteiger partial charge on any atom is 0.152 e. The SMILES string of the molecule is CC(C)COc1cccc(NC2CCCS(=O)(=O)C2)c1. The molecule has 2 rings (SSSR count). The summed E-state index contributed by atoms with van der Waals surface area (Å²) in [5.74, 6) is 1.85. The van der Waals surface area contributed by atoms with Crippen LogP contribution in [0.1, 0.15) is 26.7 Å². The number of hydrogen-bond acceptors (Lipinski definition) is 4. The second-order valence-corrected chi connectivity index (χ2v) is 8.06. The van der Waals surface area contributed by atoms with Crippen LogP contribution in [0, 0.1) is 5.92 Å². The van der Waals surface area contributed by atoms with Gasteiger partial charge in [0.05, 0.1) is 18.1 Å². The minimum absolute atomic E-state index is 0.00842. The summed E-state index contributed by atoms with van der Waals surface area (Å²) in [7, 11) is -2.88. The molecule has 1 atom stereocenters. The van der Waals surface area contributed by atoms with E-state index in [1.54, 1.807) is 0 Å². The molecular weight excluding hydrogens is 274 g/mol. The van der Waals surface area contributed by atoms with E-state index in [1.807, 2.05) is 24.3 Å². The van der Waals surface area contributed by atoms with Gasteiger partial charge in [0.15, 0.2) is 9.84 Å². The molecular formula is C15H23NO3S. The third-order valence-corrected chi connectivity index (χ3v) is 5.07. The number of sulfone groups is 1. The van der Waals surface area contributed by atoms with Crippen LogP contribution in [0.5, 0.6) is 5.75 Å². The lowest BCUT2D eigenvalue weighted by Crippen LogP contribution is -2.34. The zero-order chi connectivity index (χ0) is 14.6. The Morgan fingerprint density at radius 3 is 2.90 bits per heavy atom. The van der Waals surface area contributed by atoms with Crippen molar-refractivity contribution < 1.29 is 13.2 Å².